The number of benzene rings is 2. The molecule has 8 nitrogen and oxygen atoms in total. The predicted octanol–water partition coefficient (Wildman–Crippen LogP) is 2.29. The van der Waals surface area contributed by atoms with Crippen molar-refractivity contribution in [2.75, 3.05) is 19.4 Å². The standard InChI is InChI=1S/C21H24N4O4S/c1-14-8-9-16(30(28,29)24(3)4)12-18(14)23-19(26)10-11-25-13-22-20-15(2)6-5-7-17(20)21(25)27/h5-9,12-13H,10-11H2,1-4H3,(H,23,26). The second-order valence-electron chi connectivity index (χ2n) is 7.28. The molecule has 3 rings (SSSR count). The molecule has 0 aliphatic heterocycles. The number of carbonyl (C=O) groups excluding carboxylic acids is 1. The highest BCUT2D eigenvalue weighted by atomic mass is 32.2. The molecule has 1 amide bonds. The highest BCUT2D eigenvalue weighted by Crippen LogP contribution is 2.22. The van der Waals surface area contributed by atoms with Crippen LogP contribution in [0.5, 0.6) is 0 Å². The Kier molecular flexibility index (Phi) is 6.04. The van der Waals surface area contributed by atoms with Gasteiger partial charge in [0, 0.05) is 32.7 Å². The number of aryl methyl sites for hydroxylation is 3. The maximum Gasteiger partial charge on any atom is 0.261 e. The number of sulfonamides is 1. The average molecular weight is 429 g/mol. The van der Waals surface area contributed by atoms with E-state index in [0.29, 0.717) is 16.6 Å². The molecule has 1 N–H and O–H groups in total. The number of anilines is 1. The van der Waals surface area contributed by atoms with Crippen LogP contribution in [0.3, 0.4) is 0 Å². The Hall–Kier alpha value is -3.04. The number of para-hydroxylation sites is 1. The summed E-state index contributed by atoms with van der Waals surface area (Å²) in [6, 6.07) is 9.99. The Bertz CT molecular complexity index is 1280. The summed E-state index contributed by atoms with van der Waals surface area (Å²) < 4.78 is 27.2. The van der Waals surface area contributed by atoms with Crippen LogP contribution in [0.15, 0.2) is 52.4 Å². The fourth-order valence-corrected chi connectivity index (χ4v) is 3.97. The molecule has 0 unspecified atom stereocenters. The number of nitrogens with zero attached hydrogens (tertiary/aromatic N) is 3. The molecule has 2 aromatic carbocycles. The molecule has 0 fully saturated rings. The summed E-state index contributed by atoms with van der Waals surface area (Å²) in [7, 11) is -0.711. The summed E-state index contributed by atoms with van der Waals surface area (Å²) in [5, 5.41) is 3.25. The van der Waals surface area contributed by atoms with Gasteiger partial charge in [-0.05, 0) is 43.2 Å². The van der Waals surface area contributed by atoms with E-state index in [-0.39, 0.29) is 29.3 Å². The summed E-state index contributed by atoms with van der Waals surface area (Å²) in [5.74, 6) is -0.325. The molecule has 0 bridgehead atoms. The van der Waals surface area contributed by atoms with Crippen molar-refractivity contribution in [1.29, 1.82) is 0 Å². The van der Waals surface area contributed by atoms with Gasteiger partial charge in [-0.15, -0.1) is 0 Å². The van der Waals surface area contributed by atoms with Crippen LogP contribution in [0, 0.1) is 13.8 Å². The third-order valence-corrected chi connectivity index (χ3v) is 6.71. The highest BCUT2D eigenvalue weighted by molar-refractivity contribution is 7.89. The molecular formula is C21H24N4O4S. The SMILES string of the molecule is Cc1ccc(S(=O)(=O)N(C)C)cc1NC(=O)CCn1cnc2c(C)cccc2c1=O. The Morgan fingerprint density at radius 2 is 1.87 bits per heavy atom. The number of nitrogens with one attached hydrogen (secondary N) is 1. The van der Waals surface area contributed by atoms with Gasteiger partial charge in [0.25, 0.3) is 5.56 Å². The minimum absolute atomic E-state index is 0.0447. The monoisotopic (exact) mass is 428 g/mol. The molecule has 0 atom stereocenters. The number of hydrogen-bond donors (Lipinski definition) is 1. The van der Waals surface area contributed by atoms with Gasteiger partial charge in [-0.25, -0.2) is 17.7 Å². The number of amides is 1. The van der Waals surface area contributed by atoms with Crippen LogP contribution in [0.4, 0.5) is 5.69 Å². The lowest BCUT2D eigenvalue weighted by Crippen LogP contribution is -2.24. The molecule has 0 spiro atoms. The zero-order valence-electron chi connectivity index (χ0n) is 17.3. The average Bonchev–Trinajstić information content (AvgIpc) is 2.69. The second-order valence-corrected chi connectivity index (χ2v) is 9.43. The van der Waals surface area contributed by atoms with Gasteiger partial charge in [0.1, 0.15) is 0 Å². The van der Waals surface area contributed by atoms with E-state index in [1.165, 1.54) is 37.1 Å². The maximum atomic E-state index is 12.6. The molecule has 0 aliphatic rings. The lowest BCUT2D eigenvalue weighted by atomic mass is 10.1. The van der Waals surface area contributed by atoms with E-state index in [1.807, 2.05) is 13.0 Å². The van der Waals surface area contributed by atoms with Crippen LogP contribution < -0.4 is 10.9 Å². The van der Waals surface area contributed by atoms with Gasteiger partial charge >= 0.3 is 0 Å². The molecule has 158 valence electrons. The summed E-state index contributed by atoms with van der Waals surface area (Å²) in [6.45, 7) is 3.83. The number of aromatic nitrogens is 2. The van der Waals surface area contributed by atoms with Crippen LogP contribution in [0.2, 0.25) is 0 Å². The van der Waals surface area contributed by atoms with Gasteiger partial charge in [0.05, 0.1) is 22.1 Å². The van der Waals surface area contributed by atoms with E-state index in [2.05, 4.69) is 10.3 Å². The van der Waals surface area contributed by atoms with Crippen LogP contribution in [0.1, 0.15) is 17.5 Å². The molecule has 3 aromatic rings. The summed E-state index contributed by atoms with van der Waals surface area (Å²) >= 11 is 0. The van der Waals surface area contributed by atoms with E-state index in [1.54, 1.807) is 25.1 Å². The molecule has 9 heteroatoms. The third kappa shape index (κ3) is 4.27. The van der Waals surface area contributed by atoms with Crippen LogP contribution >= 0.6 is 0 Å². The van der Waals surface area contributed by atoms with Gasteiger partial charge in [0.2, 0.25) is 15.9 Å². The van der Waals surface area contributed by atoms with Gasteiger partial charge in [0.15, 0.2) is 0 Å². The molecule has 0 saturated carbocycles. The smallest absolute Gasteiger partial charge is 0.261 e. The van der Waals surface area contributed by atoms with Crippen molar-refractivity contribution in [1.82, 2.24) is 13.9 Å². The molecule has 0 radical (unpaired) electrons. The minimum atomic E-state index is -3.61. The Morgan fingerprint density at radius 1 is 1.13 bits per heavy atom. The Labute approximate surface area is 175 Å². The van der Waals surface area contributed by atoms with Crippen molar-refractivity contribution in [3.63, 3.8) is 0 Å². The lowest BCUT2D eigenvalue weighted by molar-refractivity contribution is -0.116. The first kappa shape index (κ1) is 21.7. The van der Waals surface area contributed by atoms with E-state index in [0.717, 1.165) is 15.4 Å². The third-order valence-electron chi connectivity index (χ3n) is 4.90. The summed E-state index contributed by atoms with van der Waals surface area (Å²) in [6.07, 6.45) is 1.49. The highest BCUT2D eigenvalue weighted by Gasteiger charge is 2.18. The van der Waals surface area contributed by atoms with E-state index in [9.17, 15) is 18.0 Å². The number of hydrogen-bond acceptors (Lipinski definition) is 5. The van der Waals surface area contributed by atoms with Gasteiger partial charge in [-0.3, -0.25) is 14.2 Å². The molecule has 1 heterocycles. The van der Waals surface area contributed by atoms with Crippen LogP contribution in [-0.2, 0) is 21.4 Å². The molecule has 0 saturated heterocycles. The summed E-state index contributed by atoms with van der Waals surface area (Å²) in [4.78, 5) is 29.5. The first-order chi connectivity index (χ1) is 14.1. The predicted molar refractivity (Wildman–Crippen MR) is 116 cm³/mol. The van der Waals surface area contributed by atoms with Crippen LogP contribution in [0.25, 0.3) is 10.9 Å². The van der Waals surface area contributed by atoms with Crippen molar-refractivity contribution < 1.29 is 13.2 Å². The lowest BCUT2D eigenvalue weighted by Gasteiger charge is -2.14. The molecule has 1 aromatic heterocycles. The van der Waals surface area contributed by atoms with Crippen LogP contribution in [-0.4, -0.2) is 42.3 Å². The van der Waals surface area contributed by atoms with E-state index in [4.69, 9.17) is 0 Å². The zero-order valence-corrected chi connectivity index (χ0v) is 18.2. The first-order valence-electron chi connectivity index (χ1n) is 9.39. The van der Waals surface area contributed by atoms with E-state index >= 15 is 0 Å². The van der Waals surface area contributed by atoms with Crippen molar-refractivity contribution in [2.45, 2.75) is 31.7 Å². The van der Waals surface area contributed by atoms with Gasteiger partial charge in [-0.1, -0.05) is 18.2 Å². The molecule has 30 heavy (non-hydrogen) atoms. The van der Waals surface area contributed by atoms with Gasteiger partial charge < -0.3 is 5.32 Å². The normalized spacial score (nSPS) is 11.8. The van der Waals surface area contributed by atoms with Crippen molar-refractivity contribution >= 4 is 32.5 Å². The molecule has 0 aliphatic carbocycles. The number of fused-ring (bicyclic) bond motifs is 1. The first-order valence-corrected chi connectivity index (χ1v) is 10.8. The van der Waals surface area contributed by atoms with Gasteiger partial charge in [-0.2, -0.15) is 0 Å². The Balaban J connectivity index is 1.76. The second kappa shape index (κ2) is 8.37. The quantitative estimate of drug-likeness (QED) is 0.649. The largest absolute Gasteiger partial charge is 0.326 e. The Morgan fingerprint density at radius 3 is 2.57 bits per heavy atom. The minimum Gasteiger partial charge on any atom is -0.326 e. The van der Waals surface area contributed by atoms with Crippen molar-refractivity contribution in [3.05, 3.63) is 64.2 Å². The van der Waals surface area contributed by atoms with Crippen molar-refractivity contribution in [3.8, 4) is 0 Å². The zero-order chi connectivity index (χ0) is 22.1. The number of rotatable bonds is 6. The number of carbonyl (C=O) groups is 1. The van der Waals surface area contributed by atoms with E-state index < -0.39 is 10.0 Å². The molecular weight excluding hydrogens is 404 g/mol. The summed E-state index contributed by atoms with van der Waals surface area (Å²) in [5.41, 5.74) is 2.52. The van der Waals surface area contributed by atoms with Crippen molar-refractivity contribution in [2.24, 2.45) is 0 Å². The fourth-order valence-electron chi connectivity index (χ4n) is 3.04. The fraction of sp³-hybridized carbons (Fsp3) is 0.286. The topological polar surface area (TPSA) is 101 Å². The maximum absolute atomic E-state index is 12.6.